The number of rotatable bonds is 4. The van der Waals surface area contributed by atoms with E-state index in [1.54, 1.807) is 0 Å². The van der Waals surface area contributed by atoms with Gasteiger partial charge in [-0.1, -0.05) is 0 Å². The monoisotopic (exact) mass is 276 g/mol. The largest absolute Gasteiger partial charge is 0.301 e. The van der Waals surface area contributed by atoms with Gasteiger partial charge in [-0.25, -0.2) is 9.67 Å². The number of nitrogens with zero attached hydrogens (tertiary/aromatic N) is 8. The van der Waals surface area contributed by atoms with Crippen molar-refractivity contribution >= 4 is 17.3 Å². The van der Waals surface area contributed by atoms with Gasteiger partial charge >= 0.3 is 5.69 Å². The Morgan fingerprint density at radius 3 is 2.65 bits per heavy atom. The van der Waals surface area contributed by atoms with Crippen molar-refractivity contribution in [3.8, 4) is 5.69 Å². The third-order valence-electron chi connectivity index (χ3n) is 2.23. The fraction of sp³-hybridized carbons (Fsp3) is 0. The third-order valence-corrected chi connectivity index (χ3v) is 2.23. The summed E-state index contributed by atoms with van der Waals surface area (Å²) in [6, 6.07) is 3.06. The number of azide groups is 1. The summed E-state index contributed by atoms with van der Waals surface area (Å²) in [5.74, 6) is -0.222. The maximum atomic E-state index is 10.9. The molecule has 0 atom stereocenters. The minimum Gasteiger partial charge on any atom is -0.258 e. The molecule has 0 bridgehead atoms. The van der Waals surface area contributed by atoms with Crippen LogP contribution >= 0.6 is 0 Å². The summed E-state index contributed by atoms with van der Waals surface area (Å²) in [7, 11) is 0. The van der Waals surface area contributed by atoms with E-state index in [-0.39, 0.29) is 11.6 Å². The van der Waals surface area contributed by atoms with Crippen LogP contribution in [-0.4, -0.2) is 24.6 Å². The Kier molecular flexibility index (Phi) is 3.22. The fourth-order valence-electron chi connectivity index (χ4n) is 1.42. The molecule has 1 heterocycles. The van der Waals surface area contributed by atoms with Crippen molar-refractivity contribution in [2.24, 2.45) is 5.11 Å². The van der Waals surface area contributed by atoms with E-state index in [4.69, 9.17) is 5.53 Å². The SMILES string of the molecule is [N-]=[N+]=Nc1ncn(-c2ccc([N+](=O)[O-])cc2[N+](=O)[O-])n1. The molecule has 0 aliphatic rings. The van der Waals surface area contributed by atoms with Crippen LogP contribution in [0.3, 0.4) is 0 Å². The van der Waals surface area contributed by atoms with E-state index in [9.17, 15) is 20.2 Å². The van der Waals surface area contributed by atoms with Gasteiger partial charge in [0, 0.05) is 11.0 Å². The number of benzene rings is 1. The molecular formula is C8H4N8O4. The Morgan fingerprint density at radius 2 is 2.05 bits per heavy atom. The lowest BCUT2D eigenvalue weighted by molar-refractivity contribution is -0.394. The molecule has 0 saturated heterocycles. The van der Waals surface area contributed by atoms with E-state index in [1.165, 1.54) is 0 Å². The Labute approximate surface area is 109 Å². The van der Waals surface area contributed by atoms with Gasteiger partial charge in [-0.2, -0.15) is 0 Å². The Balaban J connectivity index is 2.57. The van der Waals surface area contributed by atoms with E-state index in [0.29, 0.717) is 0 Å². The second-order valence-electron chi connectivity index (χ2n) is 3.37. The van der Waals surface area contributed by atoms with E-state index in [1.807, 2.05) is 0 Å². The molecule has 1 aromatic heterocycles. The smallest absolute Gasteiger partial charge is 0.258 e. The van der Waals surface area contributed by atoms with Crippen LogP contribution in [0.4, 0.5) is 17.3 Å². The van der Waals surface area contributed by atoms with Crippen LogP contribution in [0.15, 0.2) is 29.6 Å². The first kappa shape index (κ1) is 12.9. The van der Waals surface area contributed by atoms with Crippen LogP contribution in [0.1, 0.15) is 0 Å². The molecule has 0 aliphatic carbocycles. The van der Waals surface area contributed by atoms with Gasteiger partial charge < -0.3 is 0 Å². The number of aromatic nitrogens is 3. The Bertz CT molecular complexity index is 747. The molecule has 20 heavy (non-hydrogen) atoms. The molecule has 0 aliphatic heterocycles. The highest BCUT2D eigenvalue weighted by Crippen LogP contribution is 2.27. The molecule has 2 rings (SSSR count). The number of hydrogen-bond donors (Lipinski definition) is 0. The zero-order valence-electron chi connectivity index (χ0n) is 9.52. The molecule has 2 aromatic rings. The molecule has 1 aromatic carbocycles. The third kappa shape index (κ3) is 2.34. The van der Waals surface area contributed by atoms with Crippen LogP contribution < -0.4 is 0 Å². The first-order chi connectivity index (χ1) is 9.52. The molecule has 0 fully saturated rings. The molecule has 0 N–H and O–H groups in total. The summed E-state index contributed by atoms with van der Waals surface area (Å²) in [4.78, 5) is 26.1. The highest BCUT2D eigenvalue weighted by atomic mass is 16.6. The van der Waals surface area contributed by atoms with Crippen molar-refractivity contribution in [3.63, 3.8) is 0 Å². The number of nitro benzene ring substituents is 2. The molecule has 0 saturated carbocycles. The van der Waals surface area contributed by atoms with E-state index in [0.717, 1.165) is 29.2 Å². The highest BCUT2D eigenvalue weighted by Gasteiger charge is 2.21. The van der Waals surface area contributed by atoms with Crippen LogP contribution in [0, 0.1) is 20.2 Å². The summed E-state index contributed by atoms with van der Waals surface area (Å²) < 4.78 is 0.992. The molecule has 0 spiro atoms. The molecule has 0 unspecified atom stereocenters. The average Bonchev–Trinajstić information content (AvgIpc) is 2.86. The van der Waals surface area contributed by atoms with Crippen molar-refractivity contribution in [2.75, 3.05) is 0 Å². The van der Waals surface area contributed by atoms with Gasteiger partial charge in [-0.15, -0.1) is 5.10 Å². The van der Waals surface area contributed by atoms with Gasteiger partial charge in [0.15, 0.2) is 0 Å². The van der Waals surface area contributed by atoms with Gasteiger partial charge in [-0.05, 0) is 16.7 Å². The molecular weight excluding hydrogens is 272 g/mol. The van der Waals surface area contributed by atoms with E-state index < -0.39 is 21.2 Å². The number of hydrogen-bond acceptors (Lipinski definition) is 7. The summed E-state index contributed by atoms with van der Waals surface area (Å²) in [5, 5.41) is 28.4. The van der Waals surface area contributed by atoms with Crippen molar-refractivity contribution in [3.05, 3.63) is 55.2 Å². The van der Waals surface area contributed by atoms with Crippen LogP contribution in [0.5, 0.6) is 0 Å². The fourth-order valence-corrected chi connectivity index (χ4v) is 1.42. The second kappa shape index (κ2) is 4.99. The van der Waals surface area contributed by atoms with Crippen molar-refractivity contribution in [1.82, 2.24) is 14.8 Å². The predicted octanol–water partition coefficient (Wildman–Crippen LogP) is 2.03. The molecule has 12 nitrogen and oxygen atoms in total. The van der Waals surface area contributed by atoms with Gasteiger partial charge in [0.05, 0.1) is 15.9 Å². The first-order valence-electron chi connectivity index (χ1n) is 4.93. The zero-order chi connectivity index (χ0) is 14.7. The lowest BCUT2D eigenvalue weighted by Gasteiger charge is -2.01. The van der Waals surface area contributed by atoms with E-state index in [2.05, 4.69) is 20.1 Å². The van der Waals surface area contributed by atoms with Gasteiger partial charge in [0.1, 0.15) is 12.0 Å². The molecule has 0 amide bonds. The molecule has 0 radical (unpaired) electrons. The number of non-ortho nitro benzene ring substituents is 1. The van der Waals surface area contributed by atoms with E-state index >= 15 is 0 Å². The van der Waals surface area contributed by atoms with Crippen molar-refractivity contribution < 1.29 is 9.85 Å². The van der Waals surface area contributed by atoms with Crippen molar-refractivity contribution in [2.45, 2.75) is 0 Å². The Hall–Kier alpha value is -3.53. The van der Waals surface area contributed by atoms with Crippen LogP contribution in [0.25, 0.3) is 16.1 Å². The summed E-state index contributed by atoms with van der Waals surface area (Å²) in [6.45, 7) is 0. The summed E-state index contributed by atoms with van der Waals surface area (Å²) in [5.41, 5.74) is 7.25. The van der Waals surface area contributed by atoms with Crippen LogP contribution in [0.2, 0.25) is 0 Å². The lowest BCUT2D eigenvalue weighted by atomic mass is 10.2. The number of nitro groups is 2. The highest BCUT2D eigenvalue weighted by molar-refractivity contribution is 5.57. The first-order valence-corrected chi connectivity index (χ1v) is 4.93. The maximum Gasteiger partial charge on any atom is 0.301 e. The molecule has 100 valence electrons. The minimum atomic E-state index is -0.781. The summed E-state index contributed by atoms with van der Waals surface area (Å²) >= 11 is 0. The quantitative estimate of drug-likeness (QED) is 0.272. The van der Waals surface area contributed by atoms with Crippen molar-refractivity contribution in [1.29, 1.82) is 0 Å². The average molecular weight is 276 g/mol. The minimum absolute atomic E-state index is 0.0347. The van der Waals surface area contributed by atoms with Gasteiger partial charge in [-0.3, -0.25) is 20.2 Å². The Morgan fingerprint density at radius 1 is 1.30 bits per heavy atom. The topological polar surface area (TPSA) is 166 Å². The molecule has 12 heteroatoms. The zero-order valence-corrected chi connectivity index (χ0v) is 9.52. The maximum absolute atomic E-state index is 10.9. The van der Waals surface area contributed by atoms with Gasteiger partial charge in [0.2, 0.25) is 5.95 Å². The summed E-state index contributed by atoms with van der Waals surface area (Å²) in [6.07, 6.45) is 1.10. The van der Waals surface area contributed by atoms with Gasteiger partial charge in [0.25, 0.3) is 5.69 Å². The predicted molar refractivity (Wildman–Crippen MR) is 63.5 cm³/mol. The lowest BCUT2D eigenvalue weighted by Crippen LogP contribution is -2.01. The normalized spacial score (nSPS) is 9.80. The van der Waals surface area contributed by atoms with Crippen LogP contribution in [-0.2, 0) is 0 Å². The second-order valence-corrected chi connectivity index (χ2v) is 3.37. The standard InChI is InChI=1S/C8H4N8O4/c9-13-11-8-10-4-14(12-8)6-2-1-5(15(17)18)3-7(6)16(19)20/h1-4H.